The first-order chi connectivity index (χ1) is 7.74. The number of nitrogens with two attached hydrogens (primary N) is 1. The summed E-state index contributed by atoms with van der Waals surface area (Å²) in [6.07, 6.45) is -2.95. The number of hydrogen-bond donors (Lipinski definition) is 1. The Kier molecular flexibility index (Phi) is 4.59. The van der Waals surface area contributed by atoms with Gasteiger partial charge >= 0.3 is 6.18 Å². The second-order valence-corrected chi connectivity index (χ2v) is 5.71. The maximum atomic E-state index is 12.2. The molecule has 0 aliphatic carbocycles. The summed E-state index contributed by atoms with van der Waals surface area (Å²) in [6.45, 7) is 2.10. The molecule has 1 aromatic rings. The third-order valence-electron chi connectivity index (χ3n) is 2.11. The van der Waals surface area contributed by atoms with Crippen LogP contribution in [0.5, 0.6) is 5.88 Å². The maximum Gasteiger partial charge on any atom is 0.417 e. The van der Waals surface area contributed by atoms with Crippen molar-refractivity contribution in [3.63, 3.8) is 0 Å². The number of rotatable bonds is 4. The van der Waals surface area contributed by atoms with Gasteiger partial charge in [0.15, 0.2) is 0 Å². The first kappa shape index (κ1) is 14.5. The van der Waals surface area contributed by atoms with Crippen molar-refractivity contribution in [1.82, 2.24) is 4.98 Å². The number of pyridine rings is 1. The summed E-state index contributed by atoms with van der Waals surface area (Å²) in [6, 6.07) is 2.12. The smallest absolute Gasteiger partial charge is 0.417 e. The molecule has 0 radical (unpaired) electrons. The van der Waals surface area contributed by atoms with Crippen LogP contribution in [0.25, 0.3) is 0 Å². The molecule has 0 fully saturated rings. The summed E-state index contributed by atoms with van der Waals surface area (Å²) in [4.78, 5) is 3.58. The van der Waals surface area contributed by atoms with Gasteiger partial charge in [-0.25, -0.2) is 4.98 Å². The zero-order chi connectivity index (χ0) is 13.1. The van der Waals surface area contributed by atoms with Gasteiger partial charge in [0.25, 0.3) is 0 Å². The molecule has 1 unspecified atom stereocenters. The molecule has 2 N–H and O–H groups in total. The Balaban J connectivity index is 2.64. The zero-order valence-electron chi connectivity index (χ0n) is 9.09. The largest absolute Gasteiger partial charge is 0.475 e. The number of ether oxygens (including phenoxy) is 1. The number of aromatic nitrogens is 1. The second-order valence-electron chi connectivity index (χ2n) is 3.56. The molecule has 0 aliphatic heterocycles. The number of nitrogens with zero attached hydrogens (tertiary/aromatic N) is 1. The molecule has 1 heterocycles. The minimum atomic E-state index is -4.38. The molecule has 0 aliphatic rings. The summed E-state index contributed by atoms with van der Waals surface area (Å²) >= 11 is 2.03. The first-order valence-corrected chi connectivity index (χ1v) is 5.96. The Labute approximate surface area is 111 Å². The summed E-state index contributed by atoms with van der Waals surface area (Å²) in [5.41, 5.74) is 5.02. The molecule has 0 saturated heterocycles. The van der Waals surface area contributed by atoms with Crippen LogP contribution in [0.1, 0.15) is 18.9 Å². The van der Waals surface area contributed by atoms with Crippen LogP contribution in [0.2, 0.25) is 0 Å². The molecule has 96 valence electrons. The standard InChI is InChI=1S/C10H12F3IN2O/c1-2-9(14,15)6-17-8-4-3-7(5-16-8)10(11,12)13/h3-5H,2,6,15H2,1H3. The molecule has 0 aromatic carbocycles. The van der Waals surface area contributed by atoms with Gasteiger partial charge < -0.3 is 10.5 Å². The topological polar surface area (TPSA) is 48.1 Å². The summed E-state index contributed by atoms with van der Waals surface area (Å²) in [5.74, 6) is 0.137. The highest BCUT2D eigenvalue weighted by atomic mass is 127. The van der Waals surface area contributed by atoms with E-state index in [9.17, 15) is 13.2 Å². The van der Waals surface area contributed by atoms with Gasteiger partial charge in [-0.05, 0) is 12.5 Å². The van der Waals surface area contributed by atoms with Crippen molar-refractivity contribution < 1.29 is 17.9 Å². The molecular weight excluding hydrogens is 348 g/mol. The van der Waals surface area contributed by atoms with E-state index in [2.05, 4.69) is 4.98 Å². The van der Waals surface area contributed by atoms with Crippen LogP contribution in [0.3, 0.4) is 0 Å². The molecular formula is C10H12F3IN2O. The monoisotopic (exact) mass is 360 g/mol. The van der Waals surface area contributed by atoms with Gasteiger partial charge in [0.05, 0.1) is 5.56 Å². The van der Waals surface area contributed by atoms with E-state index in [4.69, 9.17) is 10.5 Å². The third-order valence-corrected chi connectivity index (χ3v) is 3.19. The van der Waals surface area contributed by atoms with Gasteiger partial charge in [-0.1, -0.05) is 29.5 Å². The molecule has 0 saturated carbocycles. The van der Waals surface area contributed by atoms with Crippen molar-refractivity contribution in [3.8, 4) is 5.88 Å². The molecule has 1 rings (SSSR count). The lowest BCUT2D eigenvalue weighted by molar-refractivity contribution is -0.137. The van der Waals surface area contributed by atoms with Gasteiger partial charge in [-0.15, -0.1) is 0 Å². The molecule has 0 bridgehead atoms. The average Bonchev–Trinajstić information content (AvgIpc) is 2.26. The average molecular weight is 360 g/mol. The van der Waals surface area contributed by atoms with Crippen molar-refractivity contribution in [1.29, 1.82) is 0 Å². The lowest BCUT2D eigenvalue weighted by atomic mass is 10.2. The molecule has 3 nitrogen and oxygen atoms in total. The Bertz CT molecular complexity index is 365. The first-order valence-electron chi connectivity index (χ1n) is 4.88. The normalized spacial score (nSPS) is 15.4. The predicted molar refractivity (Wildman–Crippen MR) is 66.0 cm³/mol. The van der Waals surface area contributed by atoms with E-state index in [1.165, 1.54) is 6.07 Å². The SMILES string of the molecule is CCC(N)(I)COc1ccc(C(F)(F)F)cn1. The quantitative estimate of drug-likeness (QED) is 0.510. The van der Waals surface area contributed by atoms with Crippen LogP contribution >= 0.6 is 22.6 Å². The summed E-state index contributed by atoms with van der Waals surface area (Å²) in [7, 11) is 0. The minimum absolute atomic E-state index is 0.137. The molecule has 0 amide bonds. The van der Waals surface area contributed by atoms with E-state index in [0.29, 0.717) is 6.42 Å². The number of alkyl halides is 4. The molecule has 1 aromatic heterocycles. The van der Waals surface area contributed by atoms with Crippen molar-refractivity contribution in [2.24, 2.45) is 5.73 Å². The van der Waals surface area contributed by atoms with Gasteiger partial charge in [-0.2, -0.15) is 13.2 Å². The highest BCUT2D eigenvalue weighted by molar-refractivity contribution is 14.1. The lowest BCUT2D eigenvalue weighted by Gasteiger charge is -2.20. The molecule has 0 spiro atoms. The van der Waals surface area contributed by atoms with E-state index in [0.717, 1.165) is 12.3 Å². The van der Waals surface area contributed by atoms with E-state index in [-0.39, 0.29) is 12.5 Å². The minimum Gasteiger partial charge on any atom is -0.475 e. The fourth-order valence-electron chi connectivity index (χ4n) is 0.929. The van der Waals surface area contributed by atoms with E-state index in [1.54, 1.807) is 0 Å². The predicted octanol–water partition coefficient (Wildman–Crippen LogP) is 2.98. The highest BCUT2D eigenvalue weighted by Gasteiger charge is 2.30. The van der Waals surface area contributed by atoms with Crippen molar-refractivity contribution in [3.05, 3.63) is 23.9 Å². The third kappa shape index (κ3) is 4.66. The Morgan fingerprint density at radius 1 is 1.41 bits per heavy atom. The van der Waals surface area contributed by atoms with Crippen molar-refractivity contribution >= 4 is 22.6 Å². The van der Waals surface area contributed by atoms with Crippen molar-refractivity contribution in [2.45, 2.75) is 23.1 Å². The number of hydrogen-bond acceptors (Lipinski definition) is 3. The van der Waals surface area contributed by atoms with Crippen LogP contribution in [0, 0.1) is 0 Å². The van der Waals surface area contributed by atoms with Gasteiger partial charge in [-0.3, -0.25) is 0 Å². The second kappa shape index (κ2) is 5.38. The maximum absolute atomic E-state index is 12.2. The van der Waals surface area contributed by atoms with Crippen LogP contribution in [-0.4, -0.2) is 15.1 Å². The molecule has 1 atom stereocenters. The van der Waals surface area contributed by atoms with Crippen LogP contribution < -0.4 is 10.5 Å². The zero-order valence-corrected chi connectivity index (χ0v) is 11.2. The fraction of sp³-hybridized carbons (Fsp3) is 0.500. The Morgan fingerprint density at radius 3 is 2.47 bits per heavy atom. The van der Waals surface area contributed by atoms with Crippen LogP contribution in [0.15, 0.2) is 18.3 Å². The van der Waals surface area contributed by atoms with Gasteiger partial charge in [0.1, 0.15) is 10.2 Å². The van der Waals surface area contributed by atoms with Crippen LogP contribution in [0.4, 0.5) is 13.2 Å². The Hall–Kier alpha value is -0.570. The summed E-state index contributed by atoms with van der Waals surface area (Å²) in [5, 5.41) is 0. The fourth-order valence-corrected chi connectivity index (χ4v) is 1.09. The van der Waals surface area contributed by atoms with E-state index in [1.807, 2.05) is 29.5 Å². The van der Waals surface area contributed by atoms with Gasteiger partial charge in [0, 0.05) is 12.3 Å². The lowest BCUT2D eigenvalue weighted by Crippen LogP contribution is -2.38. The van der Waals surface area contributed by atoms with Gasteiger partial charge in [0.2, 0.25) is 5.88 Å². The summed E-state index contributed by atoms with van der Waals surface area (Å²) < 4.78 is 41.4. The Morgan fingerprint density at radius 2 is 2.06 bits per heavy atom. The molecule has 7 heteroatoms. The van der Waals surface area contributed by atoms with Crippen molar-refractivity contribution in [2.75, 3.05) is 6.61 Å². The van der Waals surface area contributed by atoms with E-state index >= 15 is 0 Å². The number of halogens is 4. The van der Waals surface area contributed by atoms with Crippen LogP contribution in [-0.2, 0) is 6.18 Å². The molecule has 17 heavy (non-hydrogen) atoms. The highest BCUT2D eigenvalue weighted by Crippen LogP contribution is 2.29. The van der Waals surface area contributed by atoms with E-state index < -0.39 is 15.3 Å².